The van der Waals surface area contributed by atoms with Gasteiger partial charge in [-0.1, -0.05) is 11.8 Å². The average Bonchev–Trinajstić information content (AvgIpc) is 2.77. The predicted octanol–water partition coefficient (Wildman–Crippen LogP) is 0.227. The number of aromatic nitrogens is 3. The van der Waals surface area contributed by atoms with Crippen LogP contribution in [-0.4, -0.2) is 32.3 Å². The summed E-state index contributed by atoms with van der Waals surface area (Å²) in [6.07, 6.45) is 0. The van der Waals surface area contributed by atoms with Gasteiger partial charge in [0.25, 0.3) is 0 Å². The van der Waals surface area contributed by atoms with Crippen molar-refractivity contribution in [2.45, 2.75) is 5.16 Å². The van der Waals surface area contributed by atoms with Gasteiger partial charge in [-0.25, -0.2) is 0 Å². The molecule has 0 aliphatic heterocycles. The van der Waals surface area contributed by atoms with Crippen molar-refractivity contribution in [2.24, 2.45) is 12.8 Å². The highest BCUT2D eigenvalue weighted by Gasteiger charge is 2.10. The summed E-state index contributed by atoms with van der Waals surface area (Å²) in [5.41, 5.74) is 11.7. The molecule has 0 radical (unpaired) electrons. The monoisotopic (exact) mass is 306 g/mol. The van der Waals surface area contributed by atoms with Gasteiger partial charge in [-0.15, -0.1) is 10.2 Å². The molecule has 5 N–H and O–H groups in total. The van der Waals surface area contributed by atoms with E-state index >= 15 is 0 Å². The van der Waals surface area contributed by atoms with Gasteiger partial charge in [-0.2, -0.15) is 0 Å². The molecule has 21 heavy (non-hydrogen) atoms. The smallest absolute Gasteiger partial charge is 0.248 e. The van der Waals surface area contributed by atoms with Gasteiger partial charge in [0.05, 0.1) is 5.75 Å². The van der Waals surface area contributed by atoms with E-state index in [4.69, 9.17) is 11.5 Å². The van der Waals surface area contributed by atoms with Gasteiger partial charge in [0, 0.05) is 18.3 Å². The fourth-order valence-corrected chi connectivity index (χ4v) is 2.21. The van der Waals surface area contributed by atoms with Crippen LogP contribution in [0.15, 0.2) is 29.4 Å². The minimum Gasteiger partial charge on any atom is -0.368 e. The van der Waals surface area contributed by atoms with E-state index in [1.54, 1.807) is 35.9 Å². The molecular formula is C12H14N6O2S. The summed E-state index contributed by atoms with van der Waals surface area (Å²) in [5.74, 6) is -0.250. The van der Waals surface area contributed by atoms with Crippen LogP contribution in [0.5, 0.6) is 0 Å². The number of thioether (sulfide) groups is 1. The van der Waals surface area contributed by atoms with Crippen LogP contribution in [0.4, 0.5) is 11.6 Å². The molecule has 2 amide bonds. The Balaban J connectivity index is 1.89. The molecule has 0 fully saturated rings. The Morgan fingerprint density at radius 1 is 1.29 bits per heavy atom. The average molecular weight is 306 g/mol. The molecule has 1 aromatic heterocycles. The van der Waals surface area contributed by atoms with Crippen LogP contribution in [0, 0.1) is 0 Å². The van der Waals surface area contributed by atoms with Crippen molar-refractivity contribution in [3.8, 4) is 0 Å². The number of amides is 2. The van der Waals surface area contributed by atoms with E-state index in [0.717, 1.165) is 0 Å². The predicted molar refractivity (Wildman–Crippen MR) is 79.7 cm³/mol. The number of rotatable bonds is 5. The summed E-state index contributed by atoms with van der Waals surface area (Å²) >= 11 is 1.23. The Kier molecular flexibility index (Phi) is 4.43. The topological polar surface area (TPSA) is 129 Å². The summed E-state index contributed by atoms with van der Waals surface area (Å²) in [6.45, 7) is 0. The van der Waals surface area contributed by atoms with Crippen LogP contribution >= 0.6 is 11.8 Å². The molecule has 9 heteroatoms. The third kappa shape index (κ3) is 3.72. The lowest BCUT2D eigenvalue weighted by molar-refractivity contribution is -0.113. The zero-order valence-electron chi connectivity index (χ0n) is 11.2. The highest BCUT2D eigenvalue weighted by atomic mass is 32.2. The van der Waals surface area contributed by atoms with E-state index < -0.39 is 5.91 Å². The molecule has 0 saturated heterocycles. The highest BCUT2D eigenvalue weighted by molar-refractivity contribution is 7.99. The second-order valence-corrected chi connectivity index (χ2v) is 5.12. The molecule has 110 valence electrons. The molecule has 0 saturated carbocycles. The molecule has 2 rings (SSSR count). The molecule has 0 aliphatic carbocycles. The third-order valence-corrected chi connectivity index (χ3v) is 3.67. The van der Waals surface area contributed by atoms with Crippen molar-refractivity contribution in [1.29, 1.82) is 0 Å². The van der Waals surface area contributed by atoms with Gasteiger partial charge < -0.3 is 16.8 Å². The van der Waals surface area contributed by atoms with E-state index in [1.807, 2.05) is 0 Å². The van der Waals surface area contributed by atoms with Crippen molar-refractivity contribution in [2.75, 3.05) is 16.8 Å². The van der Waals surface area contributed by atoms with Crippen molar-refractivity contribution in [1.82, 2.24) is 14.8 Å². The van der Waals surface area contributed by atoms with Crippen molar-refractivity contribution < 1.29 is 9.59 Å². The molecule has 0 bridgehead atoms. The lowest BCUT2D eigenvalue weighted by atomic mass is 10.2. The molecule has 0 aliphatic rings. The number of carbonyl (C=O) groups is 2. The quantitative estimate of drug-likeness (QED) is 0.678. The lowest BCUT2D eigenvalue weighted by Gasteiger charge is -2.05. The summed E-state index contributed by atoms with van der Waals surface area (Å²) < 4.78 is 1.60. The number of nitrogens with zero attached hydrogens (tertiary/aromatic N) is 3. The largest absolute Gasteiger partial charge is 0.368 e. The first-order valence-corrected chi connectivity index (χ1v) is 6.93. The number of carbonyl (C=O) groups excluding carboxylic acids is 2. The zero-order valence-corrected chi connectivity index (χ0v) is 12.1. The number of hydrogen-bond acceptors (Lipinski definition) is 6. The van der Waals surface area contributed by atoms with Gasteiger partial charge in [0.2, 0.25) is 17.8 Å². The molecule has 2 aromatic rings. The molecule has 0 spiro atoms. The number of nitrogens with one attached hydrogen (secondary N) is 1. The summed E-state index contributed by atoms with van der Waals surface area (Å²) in [4.78, 5) is 22.7. The second kappa shape index (κ2) is 6.27. The molecule has 8 nitrogen and oxygen atoms in total. The van der Waals surface area contributed by atoms with E-state index in [-0.39, 0.29) is 11.7 Å². The molecular weight excluding hydrogens is 292 g/mol. The zero-order chi connectivity index (χ0) is 15.4. The second-order valence-electron chi connectivity index (χ2n) is 4.18. The first-order chi connectivity index (χ1) is 9.97. The first kappa shape index (κ1) is 14.9. The standard InChI is InChI=1S/C12H14N6O2S/c1-18-11(14)16-17-12(18)21-6-9(19)15-8-4-2-7(3-5-8)10(13)20/h2-5H,6H2,1H3,(H2,13,20)(H2,14,16)(H,15,19). The maximum Gasteiger partial charge on any atom is 0.248 e. The first-order valence-electron chi connectivity index (χ1n) is 5.94. The number of hydrogen-bond donors (Lipinski definition) is 3. The number of nitrogen functional groups attached to an aromatic ring is 1. The molecule has 1 heterocycles. The maximum atomic E-state index is 11.8. The number of nitrogens with two attached hydrogens (primary N) is 2. The Morgan fingerprint density at radius 3 is 2.48 bits per heavy atom. The van der Waals surface area contributed by atoms with Crippen LogP contribution in [0.2, 0.25) is 0 Å². The highest BCUT2D eigenvalue weighted by Crippen LogP contribution is 2.17. The Hall–Kier alpha value is -2.55. The third-order valence-electron chi connectivity index (χ3n) is 2.65. The van der Waals surface area contributed by atoms with Gasteiger partial charge >= 0.3 is 0 Å². The van der Waals surface area contributed by atoms with Gasteiger partial charge in [-0.3, -0.25) is 14.2 Å². The van der Waals surface area contributed by atoms with E-state index in [0.29, 0.717) is 22.4 Å². The van der Waals surface area contributed by atoms with Crippen LogP contribution in [0.25, 0.3) is 0 Å². The number of primary amides is 1. The van der Waals surface area contributed by atoms with Gasteiger partial charge in [0.1, 0.15) is 0 Å². The maximum absolute atomic E-state index is 11.8. The normalized spacial score (nSPS) is 10.3. The Labute approximate surface area is 124 Å². The van der Waals surface area contributed by atoms with E-state index in [9.17, 15) is 9.59 Å². The minimum absolute atomic E-state index is 0.170. The van der Waals surface area contributed by atoms with Crippen LogP contribution in [-0.2, 0) is 11.8 Å². The Bertz CT molecular complexity index is 667. The van der Waals surface area contributed by atoms with Crippen molar-refractivity contribution >= 4 is 35.2 Å². The van der Waals surface area contributed by atoms with E-state index in [2.05, 4.69) is 15.5 Å². The summed E-state index contributed by atoms with van der Waals surface area (Å²) in [6, 6.07) is 6.33. The molecule has 0 unspecified atom stereocenters. The van der Waals surface area contributed by atoms with Gasteiger partial charge in [0.15, 0.2) is 5.16 Å². The summed E-state index contributed by atoms with van der Waals surface area (Å²) in [7, 11) is 1.72. The molecule has 1 aromatic carbocycles. The lowest BCUT2D eigenvalue weighted by Crippen LogP contribution is -2.15. The van der Waals surface area contributed by atoms with Crippen molar-refractivity contribution in [3.63, 3.8) is 0 Å². The summed E-state index contributed by atoms with van der Waals surface area (Å²) in [5, 5.41) is 10.8. The number of benzene rings is 1. The SMILES string of the molecule is Cn1c(N)nnc1SCC(=O)Nc1ccc(C(N)=O)cc1. The van der Waals surface area contributed by atoms with E-state index in [1.165, 1.54) is 11.8 Å². The molecule has 0 atom stereocenters. The van der Waals surface area contributed by atoms with Crippen LogP contribution < -0.4 is 16.8 Å². The fraction of sp³-hybridized carbons (Fsp3) is 0.167. The Morgan fingerprint density at radius 2 is 1.95 bits per heavy atom. The van der Waals surface area contributed by atoms with Crippen LogP contribution in [0.1, 0.15) is 10.4 Å². The fourth-order valence-electron chi connectivity index (χ4n) is 1.50. The van der Waals surface area contributed by atoms with Gasteiger partial charge in [-0.05, 0) is 24.3 Å². The number of anilines is 2. The van der Waals surface area contributed by atoms with Crippen LogP contribution in [0.3, 0.4) is 0 Å². The van der Waals surface area contributed by atoms with Crippen molar-refractivity contribution in [3.05, 3.63) is 29.8 Å². The minimum atomic E-state index is -0.511.